The maximum absolute atomic E-state index is 13.1. The molecule has 2 saturated carbocycles. The van der Waals surface area contributed by atoms with Crippen LogP contribution in [-0.2, 0) is 4.79 Å². The second kappa shape index (κ2) is 8.49. The molecule has 0 radical (unpaired) electrons. The lowest BCUT2D eigenvalue weighted by molar-refractivity contribution is -0.192. The molecule has 1 aromatic heterocycles. The molecule has 0 saturated heterocycles. The number of hydrogen-bond donors (Lipinski definition) is 2. The number of carboxylic acids is 1. The molecule has 6 nitrogen and oxygen atoms in total. The number of rotatable bonds is 2. The van der Waals surface area contributed by atoms with Crippen LogP contribution in [0.4, 0.5) is 22.0 Å². The average Bonchev–Trinajstić information content (AvgIpc) is 3.05. The number of hydrogen-bond acceptors (Lipinski definition) is 5. The molecule has 0 aliphatic heterocycles. The predicted molar refractivity (Wildman–Crippen MR) is 83.3 cm³/mol. The van der Waals surface area contributed by atoms with Crippen LogP contribution in [0.2, 0.25) is 0 Å². The zero-order valence-electron chi connectivity index (χ0n) is 14.5. The van der Waals surface area contributed by atoms with Crippen LogP contribution in [0.15, 0.2) is 4.42 Å². The minimum Gasteiger partial charge on any atom is -0.475 e. The fraction of sp³-hybridized carbons (Fsp3) is 0.812. The van der Waals surface area contributed by atoms with Crippen LogP contribution in [0.5, 0.6) is 0 Å². The molecule has 2 aliphatic rings. The van der Waals surface area contributed by atoms with Gasteiger partial charge in [-0.25, -0.2) is 13.6 Å². The summed E-state index contributed by atoms with van der Waals surface area (Å²) in [6, 6.07) is 0.286. The van der Waals surface area contributed by atoms with Gasteiger partial charge < -0.3 is 15.3 Å². The van der Waals surface area contributed by atoms with Crippen LogP contribution in [-0.4, -0.2) is 39.4 Å². The summed E-state index contributed by atoms with van der Waals surface area (Å²) in [4.78, 5) is 8.90. The van der Waals surface area contributed by atoms with Crippen LogP contribution in [0, 0.1) is 0 Å². The van der Waals surface area contributed by atoms with Gasteiger partial charge in [0.25, 0.3) is 0 Å². The highest BCUT2D eigenvalue weighted by Crippen LogP contribution is 2.41. The molecule has 0 aromatic carbocycles. The van der Waals surface area contributed by atoms with E-state index in [-0.39, 0.29) is 24.8 Å². The van der Waals surface area contributed by atoms with Gasteiger partial charge in [0.1, 0.15) is 0 Å². The van der Waals surface area contributed by atoms with E-state index in [1.807, 2.05) is 0 Å². The van der Waals surface area contributed by atoms with E-state index in [4.69, 9.17) is 20.1 Å². The number of aliphatic carboxylic acids is 1. The van der Waals surface area contributed by atoms with Crippen LogP contribution in [0.1, 0.15) is 75.0 Å². The average molecular weight is 399 g/mol. The Morgan fingerprint density at radius 1 is 1.00 bits per heavy atom. The SMILES string of the molecule is N[C@H]1CC[C@H](c2nnc(C3CCC(F)(F)CC3)o2)CC1.O=C(O)C(F)(F)F. The normalized spacial score (nSPS) is 26.1. The third kappa shape index (κ3) is 6.40. The summed E-state index contributed by atoms with van der Waals surface area (Å²) in [6.45, 7) is 0. The zero-order valence-corrected chi connectivity index (χ0v) is 14.5. The van der Waals surface area contributed by atoms with Gasteiger partial charge in [0.2, 0.25) is 17.7 Å². The Balaban J connectivity index is 0.000000321. The monoisotopic (exact) mass is 399 g/mol. The van der Waals surface area contributed by atoms with Crippen molar-refractivity contribution in [1.29, 1.82) is 0 Å². The summed E-state index contributed by atoms with van der Waals surface area (Å²) >= 11 is 0. The Bertz CT molecular complexity index is 617. The quantitative estimate of drug-likeness (QED) is 0.730. The molecule has 154 valence electrons. The molecule has 0 unspecified atom stereocenters. The molecule has 0 spiro atoms. The standard InChI is InChI=1S/C14H21F2N3O.C2HF3O2/c15-14(16)7-5-10(6-8-14)13-19-18-12(20-13)9-1-3-11(17)4-2-9;3-2(4,5)1(6)7/h9-11H,1-8,17H2;(H,6,7)/t9-,11-;. The molecule has 11 heteroatoms. The van der Waals surface area contributed by atoms with E-state index in [9.17, 15) is 22.0 Å². The number of halogens is 5. The van der Waals surface area contributed by atoms with Crippen LogP contribution < -0.4 is 5.73 Å². The molecular formula is C16H22F5N3O3. The summed E-state index contributed by atoms with van der Waals surface area (Å²) in [7, 11) is 0. The van der Waals surface area contributed by atoms with Gasteiger partial charge in [-0.1, -0.05) is 0 Å². The number of carboxylic acid groups (broad SMARTS) is 1. The van der Waals surface area contributed by atoms with Gasteiger partial charge in [0, 0.05) is 30.7 Å². The van der Waals surface area contributed by atoms with Crippen LogP contribution in [0.25, 0.3) is 0 Å². The topological polar surface area (TPSA) is 102 Å². The highest BCUT2D eigenvalue weighted by atomic mass is 19.4. The lowest BCUT2D eigenvalue weighted by atomic mass is 9.86. The first-order chi connectivity index (χ1) is 12.5. The van der Waals surface area contributed by atoms with Gasteiger partial charge in [-0.05, 0) is 38.5 Å². The van der Waals surface area contributed by atoms with Crippen molar-refractivity contribution in [2.45, 2.75) is 81.3 Å². The largest absolute Gasteiger partial charge is 0.490 e. The minimum atomic E-state index is -5.08. The Morgan fingerprint density at radius 3 is 1.81 bits per heavy atom. The zero-order chi connectivity index (χ0) is 20.2. The van der Waals surface area contributed by atoms with E-state index in [1.54, 1.807) is 0 Å². The molecule has 3 N–H and O–H groups in total. The van der Waals surface area contributed by atoms with Gasteiger partial charge in [-0.3, -0.25) is 0 Å². The Morgan fingerprint density at radius 2 is 1.41 bits per heavy atom. The fourth-order valence-electron chi connectivity index (χ4n) is 3.23. The van der Waals surface area contributed by atoms with Crippen molar-refractivity contribution in [2.24, 2.45) is 5.73 Å². The van der Waals surface area contributed by atoms with Crippen molar-refractivity contribution in [3.63, 3.8) is 0 Å². The number of carbonyl (C=O) groups is 1. The van der Waals surface area contributed by atoms with E-state index >= 15 is 0 Å². The first-order valence-corrected chi connectivity index (χ1v) is 8.75. The molecule has 1 heterocycles. The second-order valence-electron chi connectivity index (χ2n) is 7.02. The molecule has 0 atom stereocenters. The summed E-state index contributed by atoms with van der Waals surface area (Å²) in [5.41, 5.74) is 5.88. The van der Waals surface area contributed by atoms with Crippen molar-refractivity contribution < 1.29 is 36.3 Å². The highest BCUT2D eigenvalue weighted by Gasteiger charge is 2.38. The number of aromatic nitrogens is 2. The van der Waals surface area contributed by atoms with Gasteiger partial charge in [0.15, 0.2) is 0 Å². The maximum atomic E-state index is 13.1. The third-order valence-corrected chi connectivity index (χ3v) is 4.89. The predicted octanol–water partition coefficient (Wildman–Crippen LogP) is 3.98. The Kier molecular flexibility index (Phi) is 6.77. The van der Waals surface area contributed by atoms with Gasteiger partial charge in [-0.2, -0.15) is 13.2 Å². The maximum Gasteiger partial charge on any atom is 0.490 e. The molecule has 2 fully saturated rings. The van der Waals surface area contributed by atoms with Crippen molar-refractivity contribution in [1.82, 2.24) is 10.2 Å². The lowest BCUT2D eigenvalue weighted by Gasteiger charge is -2.26. The van der Waals surface area contributed by atoms with Crippen molar-refractivity contribution in [3.8, 4) is 0 Å². The van der Waals surface area contributed by atoms with E-state index in [1.165, 1.54) is 0 Å². The Hall–Kier alpha value is -1.78. The number of alkyl halides is 5. The molecule has 27 heavy (non-hydrogen) atoms. The Labute approximate surface area is 152 Å². The van der Waals surface area contributed by atoms with Crippen molar-refractivity contribution in [2.75, 3.05) is 0 Å². The summed E-state index contributed by atoms with van der Waals surface area (Å²) in [5.74, 6) is -3.76. The van der Waals surface area contributed by atoms with E-state index < -0.39 is 18.1 Å². The summed E-state index contributed by atoms with van der Waals surface area (Å²) in [6.07, 6.45) is -0.442. The van der Waals surface area contributed by atoms with Crippen LogP contribution in [0.3, 0.4) is 0 Å². The van der Waals surface area contributed by atoms with E-state index in [2.05, 4.69) is 10.2 Å². The molecule has 2 aliphatic carbocycles. The van der Waals surface area contributed by atoms with E-state index in [0.29, 0.717) is 30.5 Å². The molecule has 0 amide bonds. The third-order valence-electron chi connectivity index (χ3n) is 4.89. The number of nitrogens with zero attached hydrogens (tertiary/aromatic N) is 2. The van der Waals surface area contributed by atoms with Crippen LogP contribution >= 0.6 is 0 Å². The number of nitrogens with two attached hydrogens (primary N) is 1. The first kappa shape index (κ1) is 21.5. The van der Waals surface area contributed by atoms with Gasteiger partial charge >= 0.3 is 12.1 Å². The molecule has 3 rings (SSSR count). The second-order valence-corrected chi connectivity index (χ2v) is 7.02. The fourth-order valence-corrected chi connectivity index (χ4v) is 3.23. The highest BCUT2D eigenvalue weighted by molar-refractivity contribution is 5.73. The molecule has 0 bridgehead atoms. The van der Waals surface area contributed by atoms with Gasteiger partial charge in [0.05, 0.1) is 0 Å². The van der Waals surface area contributed by atoms with Gasteiger partial charge in [-0.15, -0.1) is 10.2 Å². The summed E-state index contributed by atoms with van der Waals surface area (Å²) < 4.78 is 63.8. The van der Waals surface area contributed by atoms with Crippen molar-refractivity contribution in [3.05, 3.63) is 11.8 Å². The lowest BCUT2D eigenvalue weighted by Crippen LogP contribution is -2.25. The first-order valence-electron chi connectivity index (χ1n) is 8.75. The summed E-state index contributed by atoms with van der Waals surface area (Å²) in [5, 5.41) is 15.3. The molecular weight excluding hydrogens is 377 g/mol. The smallest absolute Gasteiger partial charge is 0.475 e. The minimum absolute atomic E-state index is 0.00159. The molecule has 1 aromatic rings. The van der Waals surface area contributed by atoms with Crippen molar-refractivity contribution >= 4 is 5.97 Å². The van der Waals surface area contributed by atoms with E-state index in [0.717, 1.165) is 25.7 Å².